The molecule has 2 aromatic heterocycles. The van der Waals surface area contributed by atoms with Crippen LogP contribution in [0.1, 0.15) is 36.5 Å². The van der Waals surface area contributed by atoms with E-state index in [4.69, 9.17) is 9.40 Å². The Balaban J connectivity index is 1.49. The van der Waals surface area contributed by atoms with Gasteiger partial charge in [-0.25, -0.2) is 0 Å². The highest BCUT2D eigenvalue weighted by Gasteiger charge is 2.19. The van der Waals surface area contributed by atoms with E-state index in [1.54, 1.807) is 0 Å². The van der Waals surface area contributed by atoms with Crippen LogP contribution in [0.2, 0.25) is 0 Å². The van der Waals surface area contributed by atoms with Gasteiger partial charge in [0.1, 0.15) is 11.3 Å². The molecule has 0 aliphatic rings. The SMILES string of the molecule is Cc1ccccc1-c1ccc2c(oc3c(-c4cc(C(C)C)c5c(ccc6ccccc65)c4)nccc32)c1C. The molecule has 0 radical (unpaired) electrons. The van der Waals surface area contributed by atoms with Crippen LogP contribution in [0.3, 0.4) is 0 Å². The first-order valence-corrected chi connectivity index (χ1v) is 13.3. The van der Waals surface area contributed by atoms with Crippen molar-refractivity contribution in [3.05, 3.63) is 114 Å². The highest BCUT2D eigenvalue weighted by molar-refractivity contribution is 6.13. The number of rotatable bonds is 3. The quantitative estimate of drug-likeness (QED) is 0.230. The van der Waals surface area contributed by atoms with Gasteiger partial charge < -0.3 is 4.42 Å². The predicted molar refractivity (Wildman–Crippen MR) is 161 cm³/mol. The van der Waals surface area contributed by atoms with Crippen molar-refractivity contribution in [1.29, 1.82) is 0 Å². The van der Waals surface area contributed by atoms with Crippen molar-refractivity contribution in [2.75, 3.05) is 0 Å². The Morgan fingerprint density at radius 2 is 1.42 bits per heavy atom. The zero-order chi connectivity index (χ0) is 26.0. The maximum Gasteiger partial charge on any atom is 0.161 e. The molecule has 0 saturated carbocycles. The molecular formula is C36H29NO. The normalized spacial score (nSPS) is 11.9. The van der Waals surface area contributed by atoms with Crippen LogP contribution < -0.4 is 0 Å². The van der Waals surface area contributed by atoms with Gasteiger partial charge in [0.15, 0.2) is 5.58 Å². The Morgan fingerprint density at radius 3 is 2.26 bits per heavy atom. The van der Waals surface area contributed by atoms with Crippen molar-refractivity contribution in [3.63, 3.8) is 0 Å². The molecule has 5 aromatic carbocycles. The van der Waals surface area contributed by atoms with E-state index in [1.165, 1.54) is 43.8 Å². The van der Waals surface area contributed by atoms with Gasteiger partial charge in [0.2, 0.25) is 0 Å². The molecule has 0 aliphatic carbocycles. The third-order valence-electron chi connectivity index (χ3n) is 8.01. The second-order valence-corrected chi connectivity index (χ2v) is 10.7. The minimum atomic E-state index is 0.372. The Morgan fingerprint density at radius 1 is 0.658 bits per heavy atom. The Labute approximate surface area is 222 Å². The van der Waals surface area contributed by atoms with Gasteiger partial charge in [0.05, 0.1) is 0 Å². The number of furan rings is 1. The van der Waals surface area contributed by atoms with Crippen molar-refractivity contribution in [2.24, 2.45) is 0 Å². The van der Waals surface area contributed by atoms with Crippen molar-refractivity contribution >= 4 is 43.5 Å². The van der Waals surface area contributed by atoms with E-state index in [0.717, 1.165) is 38.8 Å². The zero-order valence-corrected chi connectivity index (χ0v) is 22.2. The van der Waals surface area contributed by atoms with Gasteiger partial charge in [-0.05, 0) is 87.8 Å². The van der Waals surface area contributed by atoms with Crippen LogP contribution in [0.25, 0.3) is 65.9 Å². The third-order valence-corrected chi connectivity index (χ3v) is 8.01. The second-order valence-electron chi connectivity index (χ2n) is 10.7. The molecule has 0 fully saturated rings. The molecule has 7 rings (SSSR count). The molecule has 0 unspecified atom stereocenters. The van der Waals surface area contributed by atoms with Crippen LogP contribution in [0.5, 0.6) is 0 Å². The smallest absolute Gasteiger partial charge is 0.161 e. The van der Waals surface area contributed by atoms with E-state index in [1.807, 2.05) is 6.20 Å². The van der Waals surface area contributed by atoms with E-state index in [9.17, 15) is 0 Å². The first kappa shape index (κ1) is 22.7. The minimum absolute atomic E-state index is 0.372. The summed E-state index contributed by atoms with van der Waals surface area (Å²) in [6.45, 7) is 8.87. The van der Waals surface area contributed by atoms with E-state index < -0.39 is 0 Å². The Hall–Kier alpha value is -4.43. The highest BCUT2D eigenvalue weighted by atomic mass is 16.3. The lowest BCUT2D eigenvalue weighted by Gasteiger charge is -2.15. The molecular weight excluding hydrogens is 462 g/mol. The summed E-state index contributed by atoms with van der Waals surface area (Å²) in [7, 11) is 0. The molecule has 0 atom stereocenters. The predicted octanol–water partition coefficient (Wildman–Crippen LogP) is 10.4. The van der Waals surface area contributed by atoms with Gasteiger partial charge in [0, 0.05) is 28.1 Å². The number of hydrogen-bond acceptors (Lipinski definition) is 2. The number of fused-ring (bicyclic) bond motifs is 6. The molecule has 0 amide bonds. The molecule has 0 saturated heterocycles. The molecule has 0 spiro atoms. The lowest BCUT2D eigenvalue weighted by molar-refractivity contribution is 0.665. The standard InChI is InChI=1S/C36H29NO/c1-21(2)32-20-26(19-25-14-13-24-10-6-8-12-29(24)33(25)32)34-36-31(17-18-37-34)30-16-15-28(23(4)35(30)38-36)27-11-7-5-9-22(27)3/h5-21H,1-4H3. The molecule has 0 bridgehead atoms. The molecule has 0 aliphatic heterocycles. The van der Waals surface area contributed by atoms with Gasteiger partial charge in [-0.2, -0.15) is 0 Å². The molecule has 184 valence electrons. The van der Waals surface area contributed by atoms with Gasteiger partial charge in [-0.3, -0.25) is 4.98 Å². The fourth-order valence-electron chi connectivity index (χ4n) is 6.05. The lowest BCUT2D eigenvalue weighted by atomic mass is 9.89. The first-order valence-electron chi connectivity index (χ1n) is 13.3. The summed E-state index contributed by atoms with van der Waals surface area (Å²) >= 11 is 0. The van der Waals surface area contributed by atoms with Gasteiger partial charge in [-0.1, -0.05) is 80.6 Å². The molecule has 2 heterocycles. The van der Waals surface area contributed by atoms with E-state index in [-0.39, 0.29) is 0 Å². The fraction of sp³-hybridized carbons (Fsp3) is 0.139. The number of benzene rings is 5. The van der Waals surface area contributed by atoms with E-state index in [2.05, 4.69) is 119 Å². The molecule has 38 heavy (non-hydrogen) atoms. The summed E-state index contributed by atoms with van der Waals surface area (Å²) in [6.07, 6.45) is 1.91. The van der Waals surface area contributed by atoms with Crippen molar-refractivity contribution in [1.82, 2.24) is 4.98 Å². The highest BCUT2D eigenvalue weighted by Crippen LogP contribution is 2.41. The third kappa shape index (κ3) is 3.37. The van der Waals surface area contributed by atoms with Crippen LogP contribution >= 0.6 is 0 Å². The van der Waals surface area contributed by atoms with E-state index >= 15 is 0 Å². The summed E-state index contributed by atoms with van der Waals surface area (Å²) in [4.78, 5) is 4.87. The number of pyridine rings is 1. The summed E-state index contributed by atoms with van der Waals surface area (Å²) in [6, 6.07) is 32.8. The average Bonchev–Trinajstić information content (AvgIpc) is 3.33. The van der Waals surface area contributed by atoms with Crippen molar-refractivity contribution in [3.8, 4) is 22.4 Å². The maximum absolute atomic E-state index is 6.69. The van der Waals surface area contributed by atoms with Gasteiger partial charge in [0.25, 0.3) is 0 Å². The second kappa shape index (κ2) is 8.56. The lowest BCUT2D eigenvalue weighted by Crippen LogP contribution is -1.94. The van der Waals surface area contributed by atoms with Crippen molar-refractivity contribution < 1.29 is 4.42 Å². The monoisotopic (exact) mass is 491 g/mol. The summed E-state index contributed by atoms with van der Waals surface area (Å²) < 4.78 is 6.69. The maximum atomic E-state index is 6.69. The molecule has 7 aromatic rings. The number of hydrogen-bond donors (Lipinski definition) is 0. The zero-order valence-electron chi connectivity index (χ0n) is 22.2. The minimum Gasteiger partial charge on any atom is -0.453 e. The number of nitrogens with zero attached hydrogens (tertiary/aromatic N) is 1. The van der Waals surface area contributed by atoms with Crippen LogP contribution in [0.15, 0.2) is 102 Å². The molecule has 2 nitrogen and oxygen atoms in total. The largest absolute Gasteiger partial charge is 0.453 e. The number of aromatic nitrogens is 1. The Bertz CT molecular complexity index is 2030. The molecule has 0 N–H and O–H groups in total. The van der Waals surface area contributed by atoms with Crippen LogP contribution in [-0.4, -0.2) is 4.98 Å². The topological polar surface area (TPSA) is 26.0 Å². The molecule has 2 heteroatoms. The Kier molecular flexibility index (Phi) is 5.13. The first-order chi connectivity index (χ1) is 18.5. The van der Waals surface area contributed by atoms with E-state index in [0.29, 0.717) is 5.92 Å². The average molecular weight is 492 g/mol. The van der Waals surface area contributed by atoms with Crippen LogP contribution in [-0.2, 0) is 0 Å². The number of aryl methyl sites for hydroxylation is 2. The fourth-order valence-corrected chi connectivity index (χ4v) is 6.05. The van der Waals surface area contributed by atoms with Gasteiger partial charge >= 0.3 is 0 Å². The summed E-state index contributed by atoms with van der Waals surface area (Å²) in [5, 5.41) is 7.38. The van der Waals surface area contributed by atoms with Crippen LogP contribution in [0, 0.1) is 13.8 Å². The summed E-state index contributed by atoms with van der Waals surface area (Å²) in [5.74, 6) is 0.372. The van der Waals surface area contributed by atoms with Gasteiger partial charge in [-0.15, -0.1) is 0 Å². The van der Waals surface area contributed by atoms with Crippen LogP contribution in [0.4, 0.5) is 0 Å². The summed E-state index contributed by atoms with van der Waals surface area (Å²) in [5.41, 5.74) is 9.99. The van der Waals surface area contributed by atoms with Crippen molar-refractivity contribution in [2.45, 2.75) is 33.6 Å².